The van der Waals surface area contributed by atoms with Gasteiger partial charge in [0.2, 0.25) is 0 Å². The number of hydrogen-bond donors (Lipinski definition) is 1. The van der Waals surface area contributed by atoms with Gasteiger partial charge >= 0.3 is 6.18 Å². The number of aliphatic hydroxyl groups is 1. The van der Waals surface area contributed by atoms with Crippen molar-refractivity contribution in [2.75, 3.05) is 0 Å². The van der Waals surface area contributed by atoms with E-state index in [4.69, 9.17) is 0 Å². The van der Waals surface area contributed by atoms with Crippen molar-refractivity contribution in [1.82, 2.24) is 0 Å². The first-order valence-corrected chi connectivity index (χ1v) is 6.00. The fourth-order valence-corrected chi connectivity index (χ4v) is 1.22. The van der Waals surface area contributed by atoms with Gasteiger partial charge in [-0.3, -0.25) is 4.79 Å². The molecule has 0 aliphatic heterocycles. The number of hydrogen-bond acceptors (Lipinski definition) is 2. The number of carbonyl (C=O) groups excluding carboxylic acids is 1. The van der Waals surface area contributed by atoms with Crippen LogP contribution < -0.4 is 0 Å². The Morgan fingerprint density at radius 1 is 1.20 bits per heavy atom. The summed E-state index contributed by atoms with van der Waals surface area (Å²) in [5.41, 5.74) is -0.106. The molecule has 0 aliphatic carbocycles. The molecule has 1 aromatic rings. The number of alkyl halides is 3. The van der Waals surface area contributed by atoms with Gasteiger partial charge in [-0.2, -0.15) is 13.2 Å². The molecule has 0 saturated carbocycles. The quantitative estimate of drug-likeness (QED) is 0.493. The Hall–Kier alpha value is -2.04. The van der Waals surface area contributed by atoms with Gasteiger partial charge in [0.1, 0.15) is 0 Å². The van der Waals surface area contributed by atoms with E-state index < -0.39 is 23.3 Å². The molecule has 1 N–H and O–H groups in total. The van der Waals surface area contributed by atoms with Crippen molar-refractivity contribution in [1.29, 1.82) is 0 Å². The highest BCUT2D eigenvalue weighted by Gasteiger charge is 2.29. The summed E-state index contributed by atoms with van der Waals surface area (Å²) < 4.78 is 37.0. The Morgan fingerprint density at radius 3 is 2.00 bits per heavy atom. The molecule has 0 aromatic heterocycles. The number of carbonyl (C=O) groups is 1. The molecule has 0 heterocycles. The number of Topliss-reactive ketones (excluding diaryl/α,β-unsaturated/α-hetero) is 1. The number of benzene rings is 1. The number of aliphatic hydroxyl groups excluding tert-OH is 1. The molecule has 0 amide bonds. The topological polar surface area (TPSA) is 37.3 Å². The maximum atomic E-state index is 12.3. The van der Waals surface area contributed by atoms with Crippen molar-refractivity contribution in [3.05, 3.63) is 53.8 Å². The van der Waals surface area contributed by atoms with Crippen LogP contribution in [0.15, 0.2) is 42.7 Å². The highest BCUT2D eigenvalue weighted by molar-refractivity contribution is 5.93. The lowest BCUT2D eigenvalue weighted by Gasteiger charge is -2.07. The lowest BCUT2D eigenvalue weighted by Crippen LogP contribution is -2.04. The molecule has 110 valence electrons. The Bertz CT molecular complexity index is 497. The molecule has 0 spiro atoms. The van der Waals surface area contributed by atoms with E-state index in [0.29, 0.717) is 5.56 Å². The summed E-state index contributed by atoms with van der Waals surface area (Å²) in [5, 5.41) is 9.21. The summed E-state index contributed by atoms with van der Waals surface area (Å²) in [7, 11) is 0. The third-order valence-corrected chi connectivity index (χ3v) is 2.25. The van der Waals surface area contributed by atoms with Crippen LogP contribution in [0.25, 0.3) is 5.57 Å². The first-order valence-electron chi connectivity index (χ1n) is 6.00. The number of allylic oxidation sites excluding steroid dienone is 3. The van der Waals surface area contributed by atoms with Crippen LogP contribution in [0.1, 0.15) is 31.9 Å². The number of rotatable bonds is 3. The molecule has 0 unspecified atom stereocenters. The van der Waals surface area contributed by atoms with Gasteiger partial charge < -0.3 is 5.11 Å². The zero-order chi connectivity index (χ0) is 15.9. The molecule has 5 heteroatoms. The van der Waals surface area contributed by atoms with Crippen molar-refractivity contribution < 1.29 is 23.1 Å². The average molecular weight is 286 g/mol. The van der Waals surface area contributed by atoms with Gasteiger partial charge in [-0.1, -0.05) is 32.6 Å². The maximum Gasteiger partial charge on any atom is 0.416 e. The van der Waals surface area contributed by atoms with Gasteiger partial charge in [-0.25, -0.2) is 0 Å². The largest absolute Gasteiger partial charge is 0.504 e. The normalized spacial score (nSPS) is 11.4. The predicted molar refractivity (Wildman–Crippen MR) is 73.2 cm³/mol. The highest BCUT2D eigenvalue weighted by atomic mass is 19.4. The fourth-order valence-electron chi connectivity index (χ4n) is 1.22. The van der Waals surface area contributed by atoms with Crippen LogP contribution in [0.4, 0.5) is 13.2 Å². The molecule has 0 aliphatic rings. The van der Waals surface area contributed by atoms with E-state index in [0.717, 1.165) is 18.2 Å². The number of ketones is 1. The molecule has 20 heavy (non-hydrogen) atoms. The van der Waals surface area contributed by atoms with Gasteiger partial charge in [0.05, 0.1) is 5.56 Å². The monoisotopic (exact) mass is 286 g/mol. The van der Waals surface area contributed by atoms with Gasteiger partial charge in [0.15, 0.2) is 11.5 Å². The van der Waals surface area contributed by atoms with E-state index in [9.17, 15) is 23.1 Å². The van der Waals surface area contributed by atoms with E-state index in [1.54, 1.807) is 0 Å². The van der Waals surface area contributed by atoms with Gasteiger partial charge in [-0.05, 0) is 29.3 Å². The molecule has 2 nitrogen and oxygen atoms in total. The molecule has 0 bridgehead atoms. The summed E-state index contributed by atoms with van der Waals surface area (Å²) >= 11 is 0. The zero-order valence-corrected chi connectivity index (χ0v) is 11.6. The second kappa shape index (κ2) is 7.53. The molecular formula is C15H17F3O2. The minimum atomic E-state index is -4.39. The van der Waals surface area contributed by atoms with E-state index in [2.05, 4.69) is 6.58 Å². The van der Waals surface area contributed by atoms with Crippen molar-refractivity contribution >= 4 is 11.4 Å². The standard InChI is InChI=1S/C13H11F3O2.C2H6/c1-8(7-12(18)9(2)17)10-3-5-11(6-4-10)13(14,15)16;1-2/h3-7,18H,1H2,2H3;1-2H3/b12-7-;. The van der Waals surface area contributed by atoms with E-state index in [1.165, 1.54) is 19.1 Å². The van der Waals surface area contributed by atoms with Crippen LogP contribution in [0.2, 0.25) is 0 Å². The Kier molecular flexibility index (Phi) is 6.76. The zero-order valence-electron chi connectivity index (χ0n) is 11.6. The first kappa shape index (κ1) is 18.0. The Labute approximate surface area is 116 Å². The van der Waals surface area contributed by atoms with E-state index >= 15 is 0 Å². The summed E-state index contributed by atoms with van der Waals surface area (Å²) in [4.78, 5) is 10.8. The fraction of sp³-hybridized carbons (Fsp3) is 0.267. The minimum Gasteiger partial charge on any atom is -0.504 e. The second-order valence-corrected chi connectivity index (χ2v) is 3.69. The van der Waals surface area contributed by atoms with E-state index in [-0.39, 0.29) is 5.57 Å². The van der Waals surface area contributed by atoms with Crippen LogP contribution in [0, 0.1) is 0 Å². The SMILES string of the molecule is C=C(/C=C(\O)C(C)=O)c1ccc(C(F)(F)F)cc1.CC. The number of halogens is 3. The molecular weight excluding hydrogens is 269 g/mol. The van der Waals surface area contributed by atoms with Crippen molar-refractivity contribution in [3.8, 4) is 0 Å². The maximum absolute atomic E-state index is 12.3. The Morgan fingerprint density at radius 2 is 1.65 bits per heavy atom. The van der Waals surface area contributed by atoms with Crippen molar-refractivity contribution in [2.24, 2.45) is 0 Å². The highest BCUT2D eigenvalue weighted by Crippen LogP contribution is 2.30. The van der Waals surface area contributed by atoms with E-state index in [1.807, 2.05) is 13.8 Å². The average Bonchev–Trinajstić information content (AvgIpc) is 2.40. The van der Waals surface area contributed by atoms with Crippen LogP contribution in [-0.4, -0.2) is 10.9 Å². The van der Waals surface area contributed by atoms with Crippen LogP contribution in [0.3, 0.4) is 0 Å². The molecule has 0 saturated heterocycles. The van der Waals surface area contributed by atoms with Crippen molar-refractivity contribution in [2.45, 2.75) is 26.9 Å². The van der Waals surface area contributed by atoms with Crippen LogP contribution in [-0.2, 0) is 11.0 Å². The predicted octanol–water partition coefficient (Wildman–Crippen LogP) is 4.78. The molecule has 0 fully saturated rings. The summed E-state index contributed by atoms with van der Waals surface area (Å²) in [6.07, 6.45) is -3.28. The molecule has 0 atom stereocenters. The molecule has 1 aromatic carbocycles. The summed E-state index contributed by atoms with van der Waals surface area (Å²) in [6, 6.07) is 4.29. The molecule has 0 radical (unpaired) electrons. The summed E-state index contributed by atoms with van der Waals surface area (Å²) in [6.45, 7) is 8.74. The van der Waals surface area contributed by atoms with Gasteiger partial charge in [-0.15, -0.1) is 0 Å². The van der Waals surface area contributed by atoms with Gasteiger partial charge in [0.25, 0.3) is 0 Å². The van der Waals surface area contributed by atoms with Crippen LogP contribution >= 0.6 is 0 Å². The second-order valence-electron chi connectivity index (χ2n) is 3.69. The van der Waals surface area contributed by atoms with Gasteiger partial charge in [0, 0.05) is 6.92 Å². The third-order valence-electron chi connectivity index (χ3n) is 2.25. The molecule has 1 rings (SSSR count). The van der Waals surface area contributed by atoms with Crippen LogP contribution in [0.5, 0.6) is 0 Å². The smallest absolute Gasteiger partial charge is 0.416 e. The lowest BCUT2D eigenvalue weighted by molar-refractivity contribution is -0.137. The van der Waals surface area contributed by atoms with Crippen molar-refractivity contribution in [3.63, 3.8) is 0 Å². The first-order chi connectivity index (χ1) is 9.21. The minimum absolute atomic E-state index is 0.261. The summed E-state index contributed by atoms with van der Waals surface area (Å²) in [5.74, 6) is -1.03. The Balaban J connectivity index is 0.00000172. The lowest BCUT2D eigenvalue weighted by atomic mass is 10.0. The third kappa shape index (κ3) is 5.30.